The molecule has 0 aliphatic carbocycles. The lowest BCUT2D eigenvalue weighted by Crippen LogP contribution is -2.08. The van der Waals surface area contributed by atoms with Gasteiger partial charge in [0.25, 0.3) is 5.56 Å². The maximum absolute atomic E-state index is 11.3. The fourth-order valence-electron chi connectivity index (χ4n) is 1.41. The Morgan fingerprint density at radius 3 is 3.06 bits per heavy atom. The van der Waals surface area contributed by atoms with Crippen LogP contribution >= 0.6 is 11.8 Å². The van der Waals surface area contributed by atoms with Crippen LogP contribution in [0.5, 0.6) is 0 Å². The number of nitrogens with one attached hydrogen (secondary N) is 2. The summed E-state index contributed by atoms with van der Waals surface area (Å²) in [5.74, 6) is 5.93. The van der Waals surface area contributed by atoms with Crippen LogP contribution in [0, 0.1) is 6.92 Å². The van der Waals surface area contributed by atoms with E-state index in [2.05, 4.69) is 20.4 Å². The Morgan fingerprint density at radius 2 is 2.33 bits per heavy atom. The molecule has 2 aromatic rings. The number of nitrogens with two attached hydrogens (primary N) is 1. The zero-order chi connectivity index (χ0) is 13.0. The lowest BCUT2D eigenvalue weighted by molar-refractivity contribution is 0.904. The van der Waals surface area contributed by atoms with E-state index in [4.69, 9.17) is 5.84 Å². The van der Waals surface area contributed by atoms with Gasteiger partial charge in [0, 0.05) is 23.7 Å². The second-order valence-electron chi connectivity index (χ2n) is 3.66. The van der Waals surface area contributed by atoms with Gasteiger partial charge in [0.15, 0.2) is 5.16 Å². The molecular formula is C11H13N5OS. The summed E-state index contributed by atoms with van der Waals surface area (Å²) in [6.07, 6.45) is 1.68. The smallest absolute Gasteiger partial charge is 0.251 e. The Kier molecular flexibility index (Phi) is 3.96. The first-order valence-electron chi connectivity index (χ1n) is 5.29. The van der Waals surface area contributed by atoms with Crippen molar-refractivity contribution in [2.45, 2.75) is 17.8 Å². The lowest BCUT2D eigenvalue weighted by atomic mass is 10.3. The van der Waals surface area contributed by atoms with E-state index in [0.717, 1.165) is 11.4 Å². The number of hydrazine groups is 1. The maximum atomic E-state index is 11.3. The molecule has 0 spiro atoms. The van der Waals surface area contributed by atoms with Gasteiger partial charge in [-0.25, -0.2) is 4.98 Å². The fraction of sp³-hybridized carbons (Fsp3) is 0.182. The highest BCUT2D eigenvalue weighted by Crippen LogP contribution is 2.18. The number of hydrogen-bond acceptors (Lipinski definition) is 6. The minimum absolute atomic E-state index is 0.143. The number of aromatic nitrogens is 3. The average molecular weight is 263 g/mol. The van der Waals surface area contributed by atoms with Crippen molar-refractivity contribution in [3.63, 3.8) is 0 Å². The van der Waals surface area contributed by atoms with Gasteiger partial charge in [-0.1, -0.05) is 11.8 Å². The summed E-state index contributed by atoms with van der Waals surface area (Å²) in [6, 6.07) is 5.09. The van der Waals surface area contributed by atoms with Crippen molar-refractivity contribution in [2.24, 2.45) is 5.84 Å². The Balaban J connectivity index is 2.08. The van der Waals surface area contributed by atoms with E-state index in [-0.39, 0.29) is 5.56 Å². The molecular weight excluding hydrogens is 250 g/mol. The van der Waals surface area contributed by atoms with Crippen molar-refractivity contribution in [1.29, 1.82) is 0 Å². The van der Waals surface area contributed by atoms with Crippen LogP contribution in [0.1, 0.15) is 11.4 Å². The quantitative estimate of drug-likeness (QED) is 0.330. The molecule has 6 nitrogen and oxygen atoms in total. The van der Waals surface area contributed by atoms with E-state index >= 15 is 0 Å². The molecule has 0 saturated carbocycles. The predicted molar refractivity (Wildman–Crippen MR) is 71.2 cm³/mol. The van der Waals surface area contributed by atoms with E-state index in [1.807, 2.05) is 6.07 Å². The minimum Gasteiger partial charge on any atom is -0.324 e. The molecule has 0 bridgehead atoms. The molecule has 2 aromatic heterocycles. The number of pyridine rings is 1. The molecule has 4 N–H and O–H groups in total. The van der Waals surface area contributed by atoms with Crippen LogP contribution in [0.2, 0.25) is 0 Å². The molecule has 2 heterocycles. The van der Waals surface area contributed by atoms with Crippen molar-refractivity contribution in [3.8, 4) is 0 Å². The number of nitrogens with zero attached hydrogens (tertiary/aromatic N) is 2. The zero-order valence-corrected chi connectivity index (χ0v) is 10.6. The Bertz CT molecular complexity index is 598. The molecule has 18 heavy (non-hydrogen) atoms. The van der Waals surface area contributed by atoms with Crippen LogP contribution in [0.3, 0.4) is 0 Å². The molecule has 94 valence electrons. The van der Waals surface area contributed by atoms with Gasteiger partial charge in [0.05, 0.1) is 11.4 Å². The summed E-state index contributed by atoms with van der Waals surface area (Å²) in [6.45, 7) is 1.79. The number of anilines is 1. The van der Waals surface area contributed by atoms with Crippen LogP contribution in [0.15, 0.2) is 34.3 Å². The third kappa shape index (κ3) is 3.31. The molecule has 0 aliphatic rings. The summed E-state index contributed by atoms with van der Waals surface area (Å²) in [7, 11) is 0. The molecule has 0 aromatic carbocycles. The lowest BCUT2D eigenvalue weighted by Gasteiger charge is -2.03. The van der Waals surface area contributed by atoms with Gasteiger partial charge in [-0.15, -0.1) is 0 Å². The van der Waals surface area contributed by atoms with Gasteiger partial charge in [0.1, 0.15) is 0 Å². The summed E-state index contributed by atoms with van der Waals surface area (Å²) in [5.41, 5.74) is 4.78. The summed E-state index contributed by atoms with van der Waals surface area (Å²) in [4.78, 5) is 22.4. The van der Waals surface area contributed by atoms with E-state index in [1.54, 1.807) is 19.2 Å². The maximum Gasteiger partial charge on any atom is 0.251 e. The molecule has 0 radical (unpaired) electrons. The van der Waals surface area contributed by atoms with Gasteiger partial charge in [0.2, 0.25) is 0 Å². The fourth-order valence-corrected chi connectivity index (χ4v) is 2.23. The SMILES string of the molecule is Cc1cc(=O)[nH]c(SCc2cc(NN)ccn2)n1. The highest BCUT2D eigenvalue weighted by Gasteiger charge is 2.02. The second-order valence-corrected chi connectivity index (χ2v) is 4.62. The topological polar surface area (TPSA) is 96.7 Å². The summed E-state index contributed by atoms with van der Waals surface area (Å²) >= 11 is 1.42. The van der Waals surface area contributed by atoms with Crippen LogP contribution < -0.4 is 16.8 Å². The monoisotopic (exact) mass is 263 g/mol. The average Bonchev–Trinajstić information content (AvgIpc) is 2.35. The number of aromatic amines is 1. The first-order chi connectivity index (χ1) is 8.67. The Hall–Kier alpha value is -1.86. The van der Waals surface area contributed by atoms with Gasteiger partial charge in [-0.05, 0) is 19.1 Å². The summed E-state index contributed by atoms with van der Waals surface area (Å²) < 4.78 is 0. The van der Waals surface area contributed by atoms with Crippen molar-refractivity contribution >= 4 is 17.4 Å². The number of nitrogen functional groups attached to an aromatic ring is 1. The van der Waals surface area contributed by atoms with Gasteiger partial charge < -0.3 is 10.4 Å². The van der Waals surface area contributed by atoms with Crippen LogP contribution in [-0.4, -0.2) is 15.0 Å². The van der Waals surface area contributed by atoms with Gasteiger partial charge >= 0.3 is 0 Å². The van der Waals surface area contributed by atoms with E-state index in [9.17, 15) is 4.79 Å². The molecule has 2 rings (SSSR count). The molecule has 0 atom stereocenters. The second kappa shape index (κ2) is 5.65. The van der Waals surface area contributed by atoms with E-state index in [0.29, 0.717) is 16.6 Å². The van der Waals surface area contributed by atoms with Gasteiger partial charge in [-0.3, -0.25) is 15.6 Å². The van der Waals surface area contributed by atoms with Crippen molar-refractivity contribution in [2.75, 3.05) is 5.43 Å². The van der Waals surface area contributed by atoms with E-state index < -0.39 is 0 Å². The van der Waals surface area contributed by atoms with Crippen molar-refractivity contribution < 1.29 is 0 Å². The normalized spacial score (nSPS) is 10.3. The molecule has 7 heteroatoms. The minimum atomic E-state index is -0.143. The molecule has 0 amide bonds. The third-order valence-electron chi connectivity index (χ3n) is 2.19. The van der Waals surface area contributed by atoms with Crippen LogP contribution in [0.25, 0.3) is 0 Å². The number of thioether (sulfide) groups is 1. The highest BCUT2D eigenvalue weighted by molar-refractivity contribution is 7.98. The van der Waals surface area contributed by atoms with Crippen LogP contribution in [-0.2, 0) is 5.75 Å². The number of aryl methyl sites for hydroxylation is 1. The van der Waals surface area contributed by atoms with Gasteiger partial charge in [-0.2, -0.15) is 0 Å². The number of H-pyrrole nitrogens is 1. The standard InChI is InChI=1S/C11H13N5OS/c1-7-4-10(17)15-11(14-7)18-6-9-5-8(16-12)2-3-13-9/h2-5H,6,12H2,1H3,(H,13,16)(H,14,15,17). The van der Waals surface area contributed by atoms with Crippen molar-refractivity contribution in [1.82, 2.24) is 15.0 Å². The van der Waals surface area contributed by atoms with E-state index in [1.165, 1.54) is 17.8 Å². The molecule has 0 saturated heterocycles. The Labute approximate surface area is 108 Å². The first kappa shape index (κ1) is 12.6. The Morgan fingerprint density at radius 1 is 1.50 bits per heavy atom. The van der Waals surface area contributed by atoms with Crippen molar-refractivity contribution in [3.05, 3.63) is 46.1 Å². The predicted octanol–water partition coefficient (Wildman–Crippen LogP) is 1.05. The number of hydrogen-bond donors (Lipinski definition) is 3. The molecule has 0 fully saturated rings. The number of rotatable bonds is 4. The third-order valence-corrected chi connectivity index (χ3v) is 3.09. The largest absolute Gasteiger partial charge is 0.324 e. The zero-order valence-electron chi connectivity index (χ0n) is 9.80. The molecule has 0 unspecified atom stereocenters. The highest BCUT2D eigenvalue weighted by atomic mass is 32.2. The van der Waals surface area contributed by atoms with Crippen LogP contribution in [0.4, 0.5) is 5.69 Å². The summed E-state index contributed by atoms with van der Waals surface area (Å²) in [5, 5.41) is 0.591. The first-order valence-corrected chi connectivity index (χ1v) is 6.28. The molecule has 0 aliphatic heterocycles.